The SMILES string of the molecule is CCCCCOc1cc(C)nc2c(-c3c(C)cc(C)cc3C)cccc12. The Morgan fingerprint density at radius 3 is 2.35 bits per heavy atom. The van der Waals surface area contributed by atoms with Crippen molar-refractivity contribution in [3.05, 3.63) is 58.8 Å². The summed E-state index contributed by atoms with van der Waals surface area (Å²) in [6, 6.07) is 13.0. The Labute approximate surface area is 157 Å². The van der Waals surface area contributed by atoms with Crippen molar-refractivity contribution in [2.24, 2.45) is 0 Å². The third-order valence-electron chi connectivity index (χ3n) is 4.88. The van der Waals surface area contributed by atoms with Crippen LogP contribution in [-0.4, -0.2) is 11.6 Å². The quantitative estimate of drug-likeness (QED) is 0.463. The average Bonchev–Trinajstić information content (AvgIpc) is 2.58. The van der Waals surface area contributed by atoms with Crippen molar-refractivity contribution in [3.63, 3.8) is 0 Å². The lowest BCUT2D eigenvalue weighted by Crippen LogP contribution is -2.00. The number of aryl methyl sites for hydroxylation is 4. The molecule has 2 aromatic carbocycles. The smallest absolute Gasteiger partial charge is 0.130 e. The number of fused-ring (bicyclic) bond motifs is 1. The van der Waals surface area contributed by atoms with Crippen molar-refractivity contribution in [2.75, 3.05) is 6.61 Å². The Morgan fingerprint density at radius 2 is 1.65 bits per heavy atom. The number of para-hydroxylation sites is 1. The molecule has 2 heteroatoms. The molecule has 0 bridgehead atoms. The zero-order valence-corrected chi connectivity index (χ0v) is 16.6. The van der Waals surface area contributed by atoms with Gasteiger partial charge in [-0.1, -0.05) is 49.6 Å². The first-order valence-electron chi connectivity index (χ1n) is 9.62. The summed E-state index contributed by atoms with van der Waals surface area (Å²) in [6.45, 7) is 11.5. The van der Waals surface area contributed by atoms with Crippen LogP contribution < -0.4 is 4.74 Å². The molecule has 26 heavy (non-hydrogen) atoms. The van der Waals surface area contributed by atoms with Gasteiger partial charge in [0, 0.05) is 22.7 Å². The number of benzene rings is 2. The first kappa shape index (κ1) is 18.4. The molecule has 0 unspecified atom stereocenters. The standard InChI is InChI=1S/C24H29NO/c1-6-7-8-12-26-22-15-19(5)25-24-20(22)10-9-11-21(24)23-17(3)13-16(2)14-18(23)4/h9-11,13-15H,6-8,12H2,1-5H3. The van der Waals surface area contributed by atoms with Crippen LogP contribution in [0, 0.1) is 27.7 Å². The summed E-state index contributed by atoms with van der Waals surface area (Å²) >= 11 is 0. The van der Waals surface area contributed by atoms with Crippen LogP contribution in [0.2, 0.25) is 0 Å². The molecule has 3 rings (SSSR count). The van der Waals surface area contributed by atoms with Gasteiger partial charge < -0.3 is 4.74 Å². The summed E-state index contributed by atoms with van der Waals surface area (Å²) < 4.78 is 6.13. The normalized spacial score (nSPS) is 11.1. The molecule has 0 aliphatic heterocycles. The number of ether oxygens (including phenoxy) is 1. The fraction of sp³-hybridized carbons (Fsp3) is 0.375. The molecule has 0 saturated carbocycles. The molecule has 0 fully saturated rings. The number of pyridine rings is 1. The lowest BCUT2D eigenvalue weighted by atomic mass is 9.92. The van der Waals surface area contributed by atoms with E-state index in [1.807, 2.05) is 6.92 Å². The molecule has 0 aliphatic rings. The summed E-state index contributed by atoms with van der Waals surface area (Å²) in [4.78, 5) is 4.88. The second-order valence-electron chi connectivity index (χ2n) is 7.29. The molecule has 0 saturated heterocycles. The average molecular weight is 348 g/mol. The van der Waals surface area contributed by atoms with E-state index in [0.717, 1.165) is 35.4 Å². The number of hydrogen-bond acceptors (Lipinski definition) is 2. The van der Waals surface area contributed by atoms with Gasteiger partial charge in [0.25, 0.3) is 0 Å². The van der Waals surface area contributed by atoms with Crippen LogP contribution in [0.15, 0.2) is 36.4 Å². The number of hydrogen-bond donors (Lipinski definition) is 0. The summed E-state index contributed by atoms with van der Waals surface area (Å²) in [6.07, 6.45) is 3.50. The largest absolute Gasteiger partial charge is 0.493 e. The number of aromatic nitrogens is 1. The Morgan fingerprint density at radius 1 is 0.923 bits per heavy atom. The maximum absolute atomic E-state index is 6.13. The maximum Gasteiger partial charge on any atom is 0.130 e. The van der Waals surface area contributed by atoms with Gasteiger partial charge in [0.2, 0.25) is 0 Å². The van der Waals surface area contributed by atoms with Crippen molar-refractivity contribution >= 4 is 10.9 Å². The highest BCUT2D eigenvalue weighted by atomic mass is 16.5. The molecule has 0 aliphatic carbocycles. The molecule has 2 nitrogen and oxygen atoms in total. The fourth-order valence-corrected chi connectivity index (χ4v) is 3.80. The van der Waals surface area contributed by atoms with Crippen LogP contribution in [0.3, 0.4) is 0 Å². The topological polar surface area (TPSA) is 22.1 Å². The first-order valence-corrected chi connectivity index (χ1v) is 9.62. The van der Waals surface area contributed by atoms with Crippen molar-refractivity contribution in [1.29, 1.82) is 0 Å². The van der Waals surface area contributed by atoms with Crippen molar-refractivity contribution in [2.45, 2.75) is 53.9 Å². The van der Waals surface area contributed by atoms with Crippen LogP contribution in [0.5, 0.6) is 5.75 Å². The minimum atomic E-state index is 0.763. The van der Waals surface area contributed by atoms with Crippen molar-refractivity contribution in [1.82, 2.24) is 4.98 Å². The predicted octanol–water partition coefficient (Wildman–Crippen LogP) is 6.70. The molecular weight excluding hydrogens is 318 g/mol. The highest BCUT2D eigenvalue weighted by molar-refractivity contribution is 5.98. The Bertz CT molecular complexity index is 904. The van der Waals surface area contributed by atoms with Gasteiger partial charge in [-0.15, -0.1) is 0 Å². The zero-order valence-electron chi connectivity index (χ0n) is 16.6. The number of rotatable bonds is 6. The van der Waals surface area contributed by atoms with E-state index in [0.29, 0.717) is 0 Å². The zero-order chi connectivity index (χ0) is 18.7. The van der Waals surface area contributed by atoms with Gasteiger partial charge in [0.15, 0.2) is 0 Å². The van der Waals surface area contributed by atoms with Gasteiger partial charge in [-0.05, 0) is 56.9 Å². The summed E-state index contributed by atoms with van der Waals surface area (Å²) in [5.74, 6) is 0.952. The second-order valence-corrected chi connectivity index (χ2v) is 7.29. The lowest BCUT2D eigenvalue weighted by molar-refractivity contribution is 0.309. The van der Waals surface area contributed by atoms with E-state index < -0.39 is 0 Å². The van der Waals surface area contributed by atoms with Gasteiger partial charge in [-0.25, -0.2) is 0 Å². The summed E-state index contributed by atoms with van der Waals surface area (Å²) in [7, 11) is 0. The molecule has 0 amide bonds. The van der Waals surface area contributed by atoms with Gasteiger partial charge in [0.1, 0.15) is 5.75 Å². The Hall–Kier alpha value is -2.35. The van der Waals surface area contributed by atoms with Gasteiger partial charge in [0.05, 0.1) is 12.1 Å². The van der Waals surface area contributed by atoms with E-state index in [4.69, 9.17) is 9.72 Å². The van der Waals surface area contributed by atoms with Crippen LogP contribution in [0.25, 0.3) is 22.0 Å². The minimum Gasteiger partial charge on any atom is -0.493 e. The molecule has 136 valence electrons. The van der Waals surface area contributed by atoms with E-state index in [2.05, 4.69) is 64.1 Å². The maximum atomic E-state index is 6.13. The van der Waals surface area contributed by atoms with Crippen LogP contribution in [0.1, 0.15) is 48.6 Å². The third-order valence-corrected chi connectivity index (χ3v) is 4.88. The fourth-order valence-electron chi connectivity index (χ4n) is 3.80. The monoisotopic (exact) mass is 347 g/mol. The van der Waals surface area contributed by atoms with Crippen molar-refractivity contribution < 1.29 is 4.74 Å². The van der Waals surface area contributed by atoms with E-state index in [9.17, 15) is 0 Å². The van der Waals surface area contributed by atoms with E-state index in [1.165, 1.54) is 40.7 Å². The first-order chi connectivity index (χ1) is 12.5. The Balaban J connectivity index is 2.13. The van der Waals surface area contributed by atoms with Gasteiger partial charge >= 0.3 is 0 Å². The highest BCUT2D eigenvalue weighted by Gasteiger charge is 2.14. The minimum absolute atomic E-state index is 0.763. The third kappa shape index (κ3) is 3.75. The van der Waals surface area contributed by atoms with Crippen LogP contribution >= 0.6 is 0 Å². The molecule has 1 aromatic heterocycles. The highest BCUT2D eigenvalue weighted by Crippen LogP contribution is 2.36. The van der Waals surface area contributed by atoms with E-state index in [-0.39, 0.29) is 0 Å². The number of nitrogens with zero attached hydrogens (tertiary/aromatic N) is 1. The van der Waals surface area contributed by atoms with Gasteiger partial charge in [-0.3, -0.25) is 4.98 Å². The van der Waals surface area contributed by atoms with Crippen LogP contribution in [-0.2, 0) is 0 Å². The Kier molecular flexibility index (Phi) is 5.61. The summed E-state index contributed by atoms with van der Waals surface area (Å²) in [5.41, 5.74) is 8.40. The van der Waals surface area contributed by atoms with E-state index in [1.54, 1.807) is 0 Å². The van der Waals surface area contributed by atoms with E-state index >= 15 is 0 Å². The second kappa shape index (κ2) is 7.90. The molecule has 1 heterocycles. The molecular formula is C24H29NO. The molecule has 3 aromatic rings. The molecule has 0 atom stereocenters. The van der Waals surface area contributed by atoms with Gasteiger partial charge in [-0.2, -0.15) is 0 Å². The predicted molar refractivity (Wildman–Crippen MR) is 111 cm³/mol. The van der Waals surface area contributed by atoms with Crippen LogP contribution in [0.4, 0.5) is 0 Å². The van der Waals surface area contributed by atoms with Crippen molar-refractivity contribution in [3.8, 4) is 16.9 Å². The lowest BCUT2D eigenvalue weighted by Gasteiger charge is -2.16. The molecule has 0 radical (unpaired) electrons. The molecule has 0 spiro atoms. The summed E-state index contributed by atoms with van der Waals surface area (Å²) in [5, 5.41) is 1.10. The molecule has 0 N–H and O–H groups in total. The number of unbranched alkanes of at least 4 members (excludes halogenated alkanes) is 2.